The first-order valence-electron chi connectivity index (χ1n) is 7.11. The van der Waals surface area contributed by atoms with Gasteiger partial charge in [-0.25, -0.2) is 9.78 Å². The predicted octanol–water partition coefficient (Wildman–Crippen LogP) is 2.18. The molecule has 2 amide bonds. The van der Waals surface area contributed by atoms with Crippen molar-refractivity contribution in [2.75, 3.05) is 11.9 Å². The van der Waals surface area contributed by atoms with E-state index in [2.05, 4.69) is 25.8 Å². The standard InChI is InChI=1S/C14H17N5OS/c20-14(18-12-6-3-8-16-19-12)15-9-7-13-17-10-4-1-2-5-11(10)21-13/h3,6,8H,1-2,4-5,7,9H2,(H2,15,18,19,20). The highest BCUT2D eigenvalue weighted by Gasteiger charge is 2.14. The molecular formula is C14H17N5OS. The summed E-state index contributed by atoms with van der Waals surface area (Å²) >= 11 is 1.79. The lowest BCUT2D eigenvalue weighted by Gasteiger charge is -2.06. The second kappa shape index (κ2) is 6.62. The molecule has 0 aromatic carbocycles. The fraction of sp³-hybridized carbons (Fsp3) is 0.429. The lowest BCUT2D eigenvalue weighted by atomic mass is 10.0. The highest BCUT2D eigenvalue weighted by Crippen LogP contribution is 2.26. The largest absolute Gasteiger partial charge is 0.337 e. The van der Waals surface area contributed by atoms with E-state index in [9.17, 15) is 4.79 Å². The first-order valence-corrected chi connectivity index (χ1v) is 7.93. The molecule has 0 radical (unpaired) electrons. The molecule has 0 spiro atoms. The number of hydrogen-bond acceptors (Lipinski definition) is 5. The Bertz CT molecular complexity index is 590. The number of urea groups is 1. The number of nitrogens with one attached hydrogen (secondary N) is 2. The van der Waals surface area contributed by atoms with E-state index >= 15 is 0 Å². The average molecular weight is 303 g/mol. The van der Waals surface area contributed by atoms with E-state index in [0.29, 0.717) is 12.4 Å². The van der Waals surface area contributed by atoms with E-state index in [-0.39, 0.29) is 6.03 Å². The summed E-state index contributed by atoms with van der Waals surface area (Å²) < 4.78 is 0. The molecule has 21 heavy (non-hydrogen) atoms. The number of hydrogen-bond donors (Lipinski definition) is 2. The molecule has 1 aliphatic rings. The summed E-state index contributed by atoms with van der Waals surface area (Å²) in [4.78, 5) is 17.8. The van der Waals surface area contributed by atoms with Gasteiger partial charge in [0.05, 0.1) is 10.7 Å². The lowest BCUT2D eigenvalue weighted by Crippen LogP contribution is -2.30. The Morgan fingerprint density at radius 3 is 3.05 bits per heavy atom. The normalized spacial score (nSPS) is 13.5. The molecule has 2 N–H and O–H groups in total. The molecule has 110 valence electrons. The highest BCUT2D eigenvalue weighted by molar-refractivity contribution is 7.11. The third-order valence-electron chi connectivity index (χ3n) is 3.33. The van der Waals surface area contributed by atoms with Crippen molar-refractivity contribution in [1.29, 1.82) is 0 Å². The van der Waals surface area contributed by atoms with Gasteiger partial charge in [0.15, 0.2) is 5.82 Å². The summed E-state index contributed by atoms with van der Waals surface area (Å²) in [7, 11) is 0. The van der Waals surface area contributed by atoms with Crippen LogP contribution in [-0.2, 0) is 19.3 Å². The van der Waals surface area contributed by atoms with E-state index in [4.69, 9.17) is 0 Å². The minimum Gasteiger partial charge on any atom is -0.337 e. The molecular weight excluding hydrogens is 286 g/mol. The van der Waals surface area contributed by atoms with E-state index < -0.39 is 0 Å². The van der Waals surface area contributed by atoms with E-state index in [1.165, 1.54) is 23.4 Å². The Morgan fingerprint density at radius 2 is 2.24 bits per heavy atom. The van der Waals surface area contributed by atoms with Crippen LogP contribution in [0, 0.1) is 0 Å². The molecule has 0 atom stereocenters. The van der Waals surface area contributed by atoms with Gasteiger partial charge >= 0.3 is 6.03 Å². The van der Waals surface area contributed by atoms with Gasteiger partial charge in [0.2, 0.25) is 0 Å². The number of aryl methyl sites for hydroxylation is 2. The van der Waals surface area contributed by atoms with Gasteiger partial charge in [-0.3, -0.25) is 5.32 Å². The predicted molar refractivity (Wildman–Crippen MR) is 81.5 cm³/mol. The first-order chi connectivity index (χ1) is 10.3. The van der Waals surface area contributed by atoms with Crippen LogP contribution < -0.4 is 10.6 Å². The molecule has 0 fully saturated rings. The number of thiazole rings is 1. The van der Waals surface area contributed by atoms with Gasteiger partial charge in [0, 0.05) is 24.0 Å². The maximum Gasteiger partial charge on any atom is 0.320 e. The van der Waals surface area contributed by atoms with Gasteiger partial charge in [0.1, 0.15) is 0 Å². The highest BCUT2D eigenvalue weighted by atomic mass is 32.1. The van der Waals surface area contributed by atoms with Crippen LogP contribution in [0.1, 0.15) is 28.4 Å². The minimum absolute atomic E-state index is 0.267. The van der Waals surface area contributed by atoms with Crippen molar-refractivity contribution in [3.05, 3.63) is 33.9 Å². The molecule has 3 rings (SSSR count). The minimum atomic E-state index is -0.267. The number of carbonyl (C=O) groups excluding carboxylic acids is 1. The molecule has 0 saturated carbocycles. The van der Waals surface area contributed by atoms with Crippen LogP contribution in [0.3, 0.4) is 0 Å². The summed E-state index contributed by atoms with van der Waals surface area (Å²) in [5.74, 6) is 0.444. The SMILES string of the molecule is O=C(NCCc1nc2c(s1)CCCC2)Nc1cccnn1. The quantitative estimate of drug-likeness (QED) is 0.907. The molecule has 2 aromatic rings. The van der Waals surface area contributed by atoms with Crippen LogP contribution in [0.5, 0.6) is 0 Å². The van der Waals surface area contributed by atoms with Crippen molar-refractivity contribution < 1.29 is 4.79 Å². The average Bonchev–Trinajstić information content (AvgIpc) is 2.91. The number of anilines is 1. The number of rotatable bonds is 4. The van der Waals surface area contributed by atoms with Gasteiger partial charge in [-0.15, -0.1) is 16.4 Å². The first kappa shape index (κ1) is 13.9. The van der Waals surface area contributed by atoms with Crippen LogP contribution >= 0.6 is 11.3 Å². The second-order valence-corrected chi connectivity index (χ2v) is 6.09. The Kier molecular flexibility index (Phi) is 4.40. The Labute approximate surface area is 127 Å². The maximum absolute atomic E-state index is 11.7. The van der Waals surface area contributed by atoms with Crippen molar-refractivity contribution in [2.45, 2.75) is 32.1 Å². The molecule has 0 aliphatic heterocycles. The molecule has 0 saturated heterocycles. The molecule has 0 bridgehead atoms. The van der Waals surface area contributed by atoms with Crippen molar-refractivity contribution >= 4 is 23.2 Å². The number of amides is 2. The van der Waals surface area contributed by atoms with E-state index in [0.717, 1.165) is 24.3 Å². The smallest absolute Gasteiger partial charge is 0.320 e. The van der Waals surface area contributed by atoms with Gasteiger partial charge in [-0.1, -0.05) is 0 Å². The Morgan fingerprint density at radius 1 is 1.33 bits per heavy atom. The fourth-order valence-corrected chi connectivity index (χ4v) is 3.48. The third kappa shape index (κ3) is 3.75. The fourth-order valence-electron chi connectivity index (χ4n) is 2.32. The lowest BCUT2D eigenvalue weighted by molar-refractivity contribution is 0.252. The van der Waals surface area contributed by atoms with Crippen LogP contribution in [0.15, 0.2) is 18.3 Å². The van der Waals surface area contributed by atoms with Gasteiger partial charge in [0.25, 0.3) is 0 Å². The Balaban J connectivity index is 1.45. The van der Waals surface area contributed by atoms with Crippen LogP contribution in [-0.4, -0.2) is 27.8 Å². The zero-order valence-corrected chi connectivity index (χ0v) is 12.4. The van der Waals surface area contributed by atoms with Crippen molar-refractivity contribution in [3.63, 3.8) is 0 Å². The zero-order chi connectivity index (χ0) is 14.5. The van der Waals surface area contributed by atoms with Crippen molar-refractivity contribution in [2.24, 2.45) is 0 Å². The number of aromatic nitrogens is 3. The van der Waals surface area contributed by atoms with Crippen LogP contribution in [0.25, 0.3) is 0 Å². The summed E-state index contributed by atoms with van der Waals surface area (Å²) in [5, 5.41) is 14.1. The molecule has 0 unspecified atom stereocenters. The third-order valence-corrected chi connectivity index (χ3v) is 4.55. The molecule has 2 heterocycles. The zero-order valence-electron chi connectivity index (χ0n) is 11.6. The van der Waals surface area contributed by atoms with Crippen molar-refractivity contribution in [1.82, 2.24) is 20.5 Å². The summed E-state index contributed by atoms with van der Waals surface area (Å²) in [6, 6.07) is 3.15. The maximum atomic E-state index is 11.7. The van der Waals surface area contributed by atoms with Crippen LogP contribution in [0.4, 0.5) is 10.6 Å². The van der Waals surface area contributed by atoms with Crippen molar-refractivity contribution in [3.8, 4) is 0 Å². The summed E-state index contributed by atoms with van der Waals surface area (Å²) in [6.07, 6.45) is 7.11. The molecule has 7 heteroatoms. The second-order valence-electron chi connectivity index (χ2n) is 4.92. The number of nitrogens with zero attached hydrogens (tertiary/aromatic N) is 3. The summed E-state index contributed by atoms with van der Waals surface area (Å²) in [6.45, 7) is 0.568. The van der Waals surface area contributed by atoms with Gasteiger partial charge < -0.3 is 5.32 Å². The molecule has 6 nitrogen and oxygen atoms in total. The van der Waals surface area contributed by atoms with E-state index in [1.807, 2.05) is 0 Å². The molecule has 1 aliphatic carbocycles. The topological polar surface area (TPSA) is 79.8 Å². The molecule has 2 aromatic heterocycles. The Hall–Kier alpha value is -2.02. The number of fused-ring (bicyclic) bond motifs is 1. The van der Waals surface area contributed by atoms with Gasteiger partial charge in [-0.05, 0) is 37.8 Å². The number of carbonyl (C=O) groups is 1. The monoisotopic (exact) mass is 303 g/mol. The summed E-state index contributed by atoms with van der Waals surface area (Å²) in [5.41, 5.74) is 1.27. The van der Waals surface area contributed by atoms with E-state index in [1.54, 1.807) is 29.7 Å². The van der Waals surface area contributed by atoms with Gasteiger partial charge in [-0.2, -0.15) is 5.10 Å². The van der Waals surface area contributed by atoms with Crippen LogP contribution in [0.2, 0.25) is 0 Å².